The molecule has 0 aliphatic rings. The van der Waals surface area contributed by atoms with Crippen LogP contribution in [0.4, 0.5) is 4.39 Å². The Labute approximate surface area is 115 Å². The van der Waals surface area contributed by atoms with Gasteiger partial charge in [-0.15, -0.1) is 0 Å². The number of hydrogen-bond acceptors (Lipinski definition) is 3. The number of ether oxygens (including phenoxy) is 1. The molecule has 0 aliphatic carbocycles. The Morgan fingerprint density at radius 1 is 1.53 bits per heavy atom. The van der Waals surface area contributed by atoms with E-state index in [0.29, 0.717) is 18.9 Å². The second-order valence-electron chi connectivity index (χ2n) is 4.20. The molecule has 6 heteroatoms. The smallest absolute Gasteiger partial charge is 0.141 e. The van der Waals surface area contributed by atoms with Gasteiger partial charge in [-0.25, -0.2) is 9.37 Å². The van der Waals surface area contributed by atoms with Gasteiger partial charge < -0.3 is 15.5 Å². The summed E-state index contributed by atoms with van der Waals surface area (Å²) in [6.07, 6.45) is 2.33. The van der Waals surface area contributed by atoms with Crippen LogP contribution in [0.2, 0.25) is 5.02 Å². The number of nitrogens with zero attached hydrogens (tertiary/aromatic N) is 1. The summed E-state index contributed by atoms with van der Waals surface area (Å²) in [4.78, 5) is 7.34. The summed E-state index contributed by atoms with van der Waals surface area (Å²) in [6.45, 7) is 0.569. The molecule has 0 spiro atoms. The number of imidazole rings is 1. The molecule has 1 aromatic heterocycles. The molecule has 102 valence electrons. The lowest BCUT2D eigenvalue weighted by Gasteiger charge is -2.07. The van der Waals surface area contributed by atoms with Crippen molar-refractivity contribution in [1.29, 1.82) is 0 Å². The highest BCUT2D eigenvalue weighted by atomic mass is 35.5. The number of aromatic nitrogens is 2. The van der Waals surface area contributed by atoms with Crippen molar-refractivity contribution in [3.63, 3.8) is 0 Å². The van der Waals surface area contributed by atoms with E-state index in [0.717, 1.165) is 11.3 Å². The first-order valence-corrected chi connectivity index (χ1v) is 6.24. The molecule has 0 saturated carbocycles. The molecule has 1 heterocycles. The first kappa shape index (κ1) is 14.0. The van der Waals surface area contributed by atoms with Crippen molar-refractivity contribution in [3.05, 3.63) is 41.1 Å². The third-order valence-electron chi connectivity index (χ3n) is 2.81. The van der Waals surface area contributed by atoms with Gasteiger partial charge in [0.05, 0.1) is 23.0 Å². The van der Waals surface area contributed by atoms with Gasteiger partial charge in [0.25, 0.3) is 0 Å². The van der Waals surface area contributed by atoms with E-state index in [2.05, 4.69) is 9.97 Å². The van der Waals surface area contributed by atoms with E-state index in [9.17, 15) is 4.39 Å². The van der Waals surface area contributed by atoms with Crippen LogP contribution >= 0.6 is 11.6 Å². The largest absolute Gasteiger partial charge is 0.385 e. The topological polar surface area (TPSA) is 63.9 Å². The van der Waals surface area contributed by atoms with Crippen molar-refractivity contribution in [2.24, 2.45) is 5.73 Å². The van der Waals surface area contributed by atoms with Crippen LogP contribution in [0.5, 0.6) is 0 Å². The monoisotopic (exact) mass is 283 g/mol. The number of methoxy groups -OCH3 is 1. The van der Waals surface area contributed by atoms with Gasteiger partial charge in [-0.1, -0.05) is 11.6 Å². The van der Waals surface area contributed by atoms with Gasteiger partial charge in [0.2, 0.25) is 0 Å². The van der Waals surface area contributed by atoms with Crippen LogP contribution in [-0.2, 0) is 4.74 Å². The highest BCUT2D eigenvalue weighted by Gasteiger charge is 2.11. The summed E-state index contributed by atoms with van der Waals surface area (Å²) in [6, 6.07) is 4.29. The maximum Gasteiger partial charge on any atom is 0.141 e. The van der Waals surface area contributed by atoms with Crippen LogP contribution in [0.1, 0.15) is 18.3 Å². The van der Waals surface area contributed by atoms with Gasteiger partial charge in [-0.2, -0.15) is 0 Å². The Morgan fingerprint density at radius 3 is 3.00 bits per heavy atom. The van der Waals surface area contributed by atoms with Gasteiger partial charge in [-0.05, 0) is 24.6 Å². The molecule has 19 heavy (non-hydrogen) atoms. The number of nitrogens with one attached hydrogen (secondary N) is 1. The average Bonchev–Trinajstić information content (AvgIpc) is 2.89. The van der Waals surface area contributed by atoms with Crippen LogP contribution in [0, 0.1) is 5.82 Å². The second kappa shape index (κ2) is 6.14. The molecule has 0 radical (unpaired) electrons. The highest BCUT2D eigenvalue weighted by Crippen LogP contribution is 2.24. The number of benzene rings is 1. The molecular formula is C13H15ClFN3O. The van der Waals surface area contributed by atoms with E-state index in [4.69, 9.17) is 22.1 Å². The highest BCUT2D eigenvalue weighted by molar-refractivity contribution is 6.31. The third-order valence-corrected chi connectivity index (χ3v) is 3.10. The molecule has 1 unspecified atom stereocenters. The summed E-state index contributed by atoms with van der Waals surface area (Å²) < 4.78 is 18.1. The van der Waals surface area contributed by atoms with Crippen molar-refractivity contribution >= 4 is 11.6 Å². The molecule has 0 saturated heterocycles. The number of halogens is 2. The molecule has 0 amide bonds. The lowest BCUT2D eigenvalue weighted by Crippen LogP contribution is -2.14. The molecule has 4 nitrogen and oxygen atoms in total. The number of aromatic amines is 1. The second-order valence-corrected chi connectivity index (χ2v) is 4.61. The van der Waals surface area contributed by atoms with Gasteiger partial charge >= 0.3 is 0 Å². The molecule has 3 N–H and O–H groups in total. The van der Waals surface area contributed by atoms with Crippen LogP contribution in [0.25, 0.3) is 11.3 Å². The Hall–Kier alpha value is -1.43. The van der Waals surface area contributed by atoms with E-state index >= 15 is 0 Å². The molecule has 0 aliphatic heterocycles. The summed E-state index contributed by atoms with van der Waals surface area (Å²) >= 11 is 5.75. The van der Waals surface area contributed by atoms with Gasteiger partial charge in [0.1, 0.15) is 11.6 Å². The zero-order valence-corrected chi connectivity index (χ0v) is 11.2. The van der Waals surface area contributed by atoms with Crippen molar-refractivity contribution in [2.75, 3.05) is 13.7 Å². The number of nitrogens with two attached hydrogens (primary N) is 1. The first-order chi connectivity index (χ1) is 9.11. The van der Waals surface area contributed by atoms with Crippen LogP contribution in [-0.4, -0.2) is 23.7 Å². The lowest BCUT2D eigenvalue weighted by molar-refractivity contribution is 0.187. The molecule has 0 fully saturated rings. The Kier molecular flexibility index (Phi) is 4.52. The number of rotatable bonds is 5. The minimum atomic E-state index is -0.443. The SMILES string of the molecule is COCCC(N)c1ncc(-c2ccc(F)c(Cl)c2)[nH]1. The van der Waals surface area contributed by atoms with E-state index < -0.39 is 5.82 Å². The van der Waals surface area contributed by atoms with Gasteiger partial charge in [0.15, 0.2) is 0 Å². The van der Waals surface area contributed by atoms with Crippen molar-refractivity contribution in [3.8, 4) is 11.3 Å². The lowest BCUT2D eigenvalue weighted by atomic mass is 10.2. The van der Waals surface area contributed by atoms with E-state index in [1.165, 1.54) is 6.07 Å². The maximum absolute atomic E-state index is 13.1. The zero-order chi connectivity index (χ0) is 13.8. The standard InChI is InChI=1S/C13H15ClFN3O/c1-19-5-4-11(16)13-17-7-12(18-13)8-2-3-10(15)9(14)6-8/h2-3,6-7,11H,4-5,16H2,1H3,(H,17,18). The average molecular weight is 284 g/mol. The molecule has 1 aromatic carbocycles. The fourth-order valence-corrected chi connectivity index (χ4v) is 1.90. The number of H-pyrrole nitrogens is 1. The molecule has 2 rings (SSSR count). The molecule has 0 bridgehead atoms. The predicted molar refractivity (Wildman–Crippen MR) is 72.4 cm³/mol. The normalized spacial score (nSPS) is 12.6. The summed E-state index contributed by atoms with van der Waals surface area (Å²) in [5.41, 5.74) is 7.49. The Morgan fingerprint density at radius 2 is 2.32 bits per heavy atom. The van der Waals surface area contributed by atoms with Crippen molar-refractivity contribution in [2.45, 2.75) is 12.5 Å². The fraction of sp³-hybridized carbons (Fsp3) is 0.308. The fourth-order valence-electron chi connectivity index (χ4n) is 1.72. The molecule has 1 atom stereocenters. The molecular weight excluding hydrogens is 269 g/mol. The summed E-state index contributed by atoms with van der Waals surface area (Å²) in [5, 5.41) is 0.0809. The van der Waals surface area contributed by atoms with Crippen molar-refractivity contribution in [1.82, 2.24) is 9.97 Å². The zero-order valence-electron chi connectivity index (χ0n) is 10.5. The van der Waals surface area contributed by atoms with Crippen LogP contribution in [0.15, 0.2) is 24.4 Å². The maximum atomic E-state index is 13.1. The van der Waals surface area contributed by atoms with E-state index in [-0.39, 0.29) is 11.1 Å². The predicted octanol–water partition coefficient (Wildman–Crippen LogP) is 2.91. The Balaban J connectivity index is 2.18. The van der Waals surface area contributed by atoms with Crippen LogP contribution in [0.3, 0.4) is 0 Å². The first-order valence-electron chi connectivity index (χ1n) is 5.86. The minimum Gasteiger partial charge on any atom is -0.385 e. The van der Waals surface area contributed by atoms with E-state index in [1.807, 2.05) is 0 Å². The summed E-state index contributed by atoms with van der Waals surface area (Å²) in [5.74, 6) is 0.231. The Bertz CT molecular complexity index is 559. The van der Waals surface area contributed by atoms with Crippen molar-refractivity contribution < 1.29 is 9.13 Å². The number of hydrogen-bond donors (Lipinski definition) is 2. The molecule has 2 aromatic rings. The third kappa shape index (κ3) is 3.32. The van der Waals surface area contributed by atoms with Gasteiger partial charge in [0, 0.05) is 19.3 Å². The summed E-state index contributed by atoms with van der Waals surface area (Å²) in [7, 11) is 1.63. The van der Waals surface area contributed by atoms with Crippen LogP contribution < -0.4 is 5.73 Å². The quantitative estimate of drug-likeness (QED) is 0.887. The van der Waals surface area contributed by atoms with E-state index in [1.54, 1.807) is 25.4 Å². The van der Waals surface area contributed by atoms with Gasteiger partial charge in [-0.3, -0.25) is 0 Å². The minimum absolute atomic E-state index is 0.0809.